The van der Waals surface area contributed by atoms with E-state index < -0.39 is 0 Å². The Morgan fingerprint density at radius 1 is 1.47 bits per heavy atom. The molecule has 0 aliphatic rings. The van der Waals surface area contributed by atoms with E-state index in [2.05, 4.69) is 46.9 Å². The first-order chi connectivity index (χ1) is 9.24. The third-order valence-electron chi connectivity index (χ3n) is 2.91. The number of hydrogen-bond acceptors (Lipinski definition) is 5. The summed E-state index contributed by atoms with van der Waals surface area (Å²) in [6.45, 7) is 4.93. The number of hydrogen-bond donors (Lipinski definition) is 2. The number of nitrogens with one attached hydrogen (secondary N) is 1. The Morgan fingerprint density at radius 2 is 2.32 bits per heavy atom. The van der Waals surface area contributed by atoms with Crippen molar-refractivity contribution in [3.63, 3.8) is 0 Å². The van der Waals surface area contributed by atoms with Crippen LogP contribution in [0.5, 0.6) is 0 Å². The third-order valence-corrected chi connectivity index (χ3v) is 4.00. The summed E-state index contributed by atoms with van der Waals surface area (Å²) in [7, 11) is 0. The van der Waals surface area contributed by atoms with E-state index >= 15 is 0 Å². The van der Waals surface area contributed by atoms with Gasteiger partial charge in [-0.2, -0.15) is 0 Å². The predicted octanol–water partition coefficient (Wildman–Crippen LogP) is 1.90. The van der Waals surface area contributed by atoms with Gasteiger partial charge in [-0.05, 0) is 26.0 Å². The quantitative estimate of drug-likeness (QED) is 0.479. The Balaban J connectivity index is 2.04. The molecule has 0 bridgehead atoms. The van der Waals surface area contributed by atoms with Crippen LogP contribution in [0.15, 0.2) is 35.4 Å². The zero-order valence-corrected chi connectivity index (χ0v) is 12.0. The van der Waals surface area contributed by atoms with E-state index in [0.717, 1.165) is 18.0 Å². The van der Waals surface area contributed by atoms with Crippen LogP contribution in [0.4, 0.5) is 0 Å². The summed E-state index contributed by atoms with van der Waals surface area (Å²) in [5.41, 5.74) is 5.13. The SMILES string of the molecule is CCn1nncc1C(CSc1cccc(C)c1)NN. The zero-order chi connectivity index (χ0) is 13.7. The molecule has 6 heteroatoms. The fraction of sp³-hybridized carbons (Fsp3) is 0.385. The van der Waals surface area contributed by atoms with Gasteiger partial charge in [0.1, 0.15) is 0 Å². The van der Waals surface area contributed by atoms with E-state index in [0.29, 0.717) is 0 Å². The molecule has 19 heavy (non-hydrogen) atoms. The highest BCUT2D eigenvalue weighted by molar-refractivity contribution is 7.99. The first-order valence-corrected chi connectivity index (χ1v) is 7.27. The summed E-state index contributed by atoms with van der Waals surface area (Å²) in [6, 6.07) is 8.49. The molecule has 3 N–H and O–H groups in total. The number of aromatic nitrogens is 3. The molecule has 102 valence electrons. The van der Waals surface area contributed by atoms with Gasteiger partial charge in [0.05, 0.1) is 17.9 Å². The highest BCUT2D eigenvalue weighted by Crippen LogP contribution is 2.24. The minimum absolute atomic E-state index is 0.0421. The minimum Gasteiger partial charge on any atom is -0.271 e. The topological polar surface area (TPSA) is 68.8 Å². The van der Waals surface area contributed by atoms with E-state index in [1.165, 1.54) is 10.5 Å². The maximum Gasteiger partial charge on any atom is 0.0778 e. The molecule has 0 amide bonds. The van der Waals surface area contributed by atoms with Gasteiger partial charge in [-0.1, -0.05) is 22.9 Å². The molecule has 1 atom stereocenters. The Kier molecular flexibility index (Phi) is 4.95. The largest absolute Gasteiger partial charge is 0.271 e. The lowest BCUT2D eigenvalue weighted by molar-refractivity contribution is 0.521. The number of aryl methyl sites for hydroxylation is 2. The second-order valence-corrected chi connectivity index (χ2v) is 5.41. The maximum atomic E-state index is 5.65. The Hall–Kier alpha value is -1.37. The van der Waals surface area contributed by atoms with Crippen molar-refractivity contribution in [2.75, 3.05) is 5.75 Å². The van der Waals surface area contributed by atoms with Gasteiger partial charge in [0.25, 0.3) is 0 Å². The van der Waals surface area contributed by atoms with Crippen molar-refractivity contribution >= 4 is 11.8 Å². The lowest BCUT2D eigenvalue weighted by atomic mass is 10.2. The van der Waals surface area contributed by atoms with Crippen LogP contribution in [0.1, 0.15) is 24.2 Å². The predicted molar refractivity (Wildman–Crippen MR) is 77.7 cm³/mol. The van der Waals surface area contributed by atoms with Crippen molar-refractivity contribution in [2.45, 2.75) is 31.3 Å². The lowest BCUT2D eigenvalue weighted by Crippen LogP contribution is -2.31. The molecule has 1 aromatic heterocycles. The molecule has 0 fully saturated rings. The van der Waals surface area contributed by atoms with Crippen LogP contribution >= 0.6 is 11.8 Å². The second kappa shape index (κ2) is 6.70. The standard InChI is InChI=1S/C13H19N5S/c1-3-18-13(8-15-17-18)12(16-14)9-19-11-6-4-5-10(2)7-11/h4-8,12,16H,3,9,14H2,1-2H3. The molecule has 0 saturated heterocycles. The van der Waals surface area contributed by atoms with Crippen LogP contribution < -0.4 is 11.3 Å². The molecule has 5 nitrogen and oxygen atoms in total. The number of benzene rings is 1. The van der Waals surface area contributed by atoms with Gasteiger partial charge in [-0.15, -0.1) is 16.9 Å². The normalized spacial score (nSPS) is 12.6. The van der Waals surface area contributed by atoms with Gasteiger partial charge in [0.15, 0.2) is 0 Å². The van der Waals surface area contributed by atoms with Crippen molar-refractivity contribution in [1.82, 2.24) is 20.4 Å². The number of thioether (sulfide) groups is 1. The summed E-state index contributed by atoms with van der Waals surface area (Å²) in [5.74, 6) is 6.49. The van der Waals surface area contributed by atoms with Gasteiger partial charge >= 0.3 is 0 Å². The van der Waals surface area contributed by atoms with Crippen LogP contribution in [0, 0.1) is 6.92 Å². The Bertz CT molecular complexity index is 525. The van der Waals surface area contributed by atoms with E-state index in [9.17, 15) is 0 Å². The first kappa shape index (κ1) is 14.0. The van der Waals surface area contributed by atoms with Crippen LogP contribution in [0.25, 0.3) is 0 Å². The van der Waals surface area contributed by atoms with Crippen LogP contribution in [0.2, 0.25) is 0 Å². The van der Waals surface area contributed by atoms with Crippen molar-refractivity contribution < 1.29 is 0 Å². The van der Waals surface area contributed by atoms with Crippen LogP contribution in [-0.4, -0.2) is 20.7 Å². The summed E-state index contributed by atoms with van der Waals surface area (Å²) in [5, 5.41) is 7.97. The van der Waals surface area contributed by atoms with Crippen molar-refractivity contribution in [2.24, 2.45) is 5.84 Å². The summed E-state index contributed by atoms with van der Waals surface area (Å²) < 4.78 is 1.86. The molecular weight excluding hydrogens is 258 g/mol. The van der Waals surface area contributed by atoms with Gasteiger partial charge < -0.3 is 0 Å². The summed E-state index contributed by atoms with van der Waals surface area (Å²) in [4.78, 5) is 1.25. The first-order valence-electron chi connectivity index (χ1n) is 6.28. The molecule has 2 aromatic rings. The summed E-state index contributed by atoms with van der Waals surface area (Å²) in [6.07, 6.45) is 1.77. The Labute approximate surface area is 117 Å². The van der Waals surface area contributed by atoms with Gasteiger partial charge in [0.2, 0.25) is 0 Å². The van der Waals surface area contributed by atoms with Gasteiger partial charge in [-0.25, -0.2) is 4.68 Å². The molecule has 1 aromatic carbocycles. The molecule has 1 unspecified atom stereocenters. The van der Waals surface area contributed by atoms with Gasteiger partial charge in [0, 0.05) is 17.2 Å². The van der Waals surface area contributed by atoms with Crippen LogP contribution in [-0.2, 0) is 6.54 Å². The molecule has 1 heterocycles. The smallest absolute Gasteiger partial charge is 0.0778 e. The number of rotatable bonds is 6. The van der Waals surface area contributed by atoms with Gasteiger partial charge in [-0.3, -0.25) is 11.3 Å². The zero-order valence-electron chi connectivity index (χ0n) is 11.2. The number of hydrazine groups is 1. The fourth-order valence-electron chi connectivity index (χ4n) is 1.88. The van der Waals surface area contributed by atoms with E-state index in [1.54, 1.807) is 18.0 Å². The highest BCUT2D eigenvalue weighted by atomic mass is 32.2. The molecule has 2 rings (SSSR count). The lowest BCUT2D eigenvalue weighted by Gasteiger charge is -2.16. The monoisotopic (exact) mass is 277 g/mol. The molecule has 0 radical (unpaired) electrons. The Morgan fingerprint density at radius 3 is 3.00 bits per heavy atom. The third kappa shape index (κ3) is 3.56. The molecular formula is C13H19N5S. The average molecular weight is 277 g/mol. The minimum atomic E-state index is 0.0421. The average Bonchev–Trinajstić information content (AvgIpc) is 2.88. The van der Waals surface area contributed by atoms with E-state index in [-0.39, 0.29) is 6.04 Å². The number of nitrogens with zero attached hydrogens (tertiary/aromatic N) is 3. The highest BCUT2D eigenvalue weighted by Gasteiger charge is 2.15. The molecule has 0 aliphatic heterocycles. The number of nitrogens with two attached hydrogens (primary N) is 1. The molecule has 0 spiro atoms. The maximum absolute atomic E-state index is 5.65. The molecule has 0 saturated carbocycles. The van der Waals surface area contributed by atoms with E-state index in [1.807, 2.05) is 11.6 Å². The van der Waals surface area contributed by atoms with Crippen LogP contribution in [0.3, 0.4) is 0 Å². The van der Waals surface area contributed by atoms with Crippen molar-refractivity contribution in [3.8, 4) is 0 Å². The van der Waals surface area contributed by atoms with E-state index in [4.69, 9.17) is 5.84 Å². The van der Waals surface area contributed by atoms with Crippen molar-refractivity contribution in [3.05, 3.63) is 41.7 Å². The summed E-state index contributed by atoms with van der Waals surface area (Å²) >= 11 is 1.77. The second-order valence-electron chi connectivity index (χ2n) is 4.32. The fourth-order valence-corrected chi connectivity index (χ4v) is 2.95. The van der Waals surface area contributed by atoms with Crippen molar-refractivity contribution in [1.29, 1.82) is 0 Å². The molecule has 0 aliphatic carbocycles.